The number of likely N-dealkylation sites (N-methyl/N-ethyl adjacent to an activating group) is 1. The van der Waals surface area contributed by atoms with E-state index in [9.17, 15) is 19.7 Å². The average molecular weight is 353 g/mol. The Bertz CT molecular complexity index is 883. The van der Waals surface area contributed by atoms with E-state index in [1.54, 1.807) is 17.2 Å². The van der Waals surface area contributed by atoms with Crippen LogP contribution in [-0.2, 0) is 14.4 Å². The van der Waals surface area contributed by atoms with Gasteiger partial charge in [0.15, 0.2) is 6.10 Å². The van der Waals surface area contributed by atoms with Gasteiger partial charge in [-0.1, -0.05) is 30.3 Å². The second-order valence-electron chi connectivity index (χ2n) is 6.24. The Morgan fingerprint density at radius 1 is 1.00 bits per heavy atom. The first kappa shape index (κ1) is 16.2. The molecule has 26 heavy (non-hydrogen) atoms. The van der Waals surface area contributed by atoms with Gasteiger partial charge in [-0.3, -0.25) is 29.4 Å². The van der Waals surface area contributed by atoms with E-state index < -0.39 is 23.0 Å². The molecule has 0 aromatic heterocycles. The number of para-hydroxylation sites is 1. The Balaban J connectivity index is 1.79. The second kappa shape index (κ2) is 5.92. The lowest BCUT2D eigenvalue weighted by Crippen LogP contribution is -2.34. The van der Waals surface area contributed by atoms with Crippen molar-refractivity contribution < 1.29 is 19.3 Å². The van der Waals surface area contributed by atoms with Crippen LogP contribution in [0.5, 0.6) is 0 Å². The van der Waals surface area contributed by atoms with Gasteiger partial charge < -0.3 is 0 Å². The SMILES string of the molecule is CN1C(=O)C2ON(c3ccccc3)C(c3ccc([N+](=O)[O-])cc3)C2C1=O. The molecule has 2 amide bonds. The number of hydroxylamine groups is 1. The van der Waals surface area contributed by atoms with Crippen LogP contribution in [0.4, 0.5) is 11.4 Å². The number of nitro benzene ring substituents is 1. The number of imide groups is 1. The molecule has 2 aliphatic rings. The van der Waals surface area contributed by atoms with Crippen molar-refractivity contribution >= 4 is 23.2 Å². The summed E-state index contributed by atoms with van der Waals surface area (Å²) in [6.45, 7) is 0. The van der Waals surface area contributed by atoms with E-state index in [1.165, 1.54) is 19.2 Å². The number of non-ortho nitro benzene ring substituents is 1. The smallest absolute Gasteiger partial charge is 0.269 e. The fraction of sp³-hybridized carbons (Fsp3) is 0.222. The zero-order valence-electron chi connectivity index (χ0n) is 13.8. The number of benzene rings is 2. The van der Waals surface area contributed by atoms with Crippen LogP contribution in [0.25, 0.3) is 0 Å². The number of carbonyl (C=O) groups is 2. The summed E-state index contributed by atoms with van der Waals surface area (Å²) in [5.74, 6) is -1.40. The van der Waals surface area contributed by atoms with E-state index in [0.717, 1.165) is 4.90 Å². The Morgan fingerprint density at radius 3 is 2.27 bits per heavy atom. The highest BCUT2D eigenvalue weighted by Gasteiger charge is 2.58. The fourth-order valence-electron chi connectivity index (χ4n) is 3.48. The van der Waals surface area contributed by atoms with Crippen molar-refractivity contribution in [2.75, 3.05) is 12.1 Å². The number of likely N-dealkylation sites (tertiary alicyclic amines) is 1. The summed E-state index contributed by atoms with van der Waals surface area (Å²) in [4.78, 5) is 42.3. The van der Waals surface area contributed by atoms with Crippen LogP contribution in [0.2, 0.25) is 0 Å². The van der Waals surface area contributed by atoms with Crippen LogP contribution in [0, 0.1) is 16.0 Å². The largest absolute Gasteiger partial charge is 0.283 e. The average Bonchev–Trinajstić information content (AvgIpc) is 3.15. The standard InChI is InChI=1S/C18H15N3O5/c1-19-17(22)14-15(11-7-9-13(10-8-11)21(24)25)20(26-16(14)18(19)23)12-5-3-2-4-6-12/h2-10,14-16H,1H3. The number of anilines is 1. The number of nitrogens with zero attached hydrogens (tertiary/aromatic N) is 3. The molecule has 2 aliphatic heterocycles. The number of carbonyl (C=O) groups excluding carboxylic acids is 2. The van der Waals surface area contributed by atoms with Gasteiger partial charge in [-0.15, -0.1) is 0 Å². The first-order valence-electron chi connectivity index (χ1n) is 8.06. The van der Waals surface area contributed by atoms with E-state index in [2.05, 4.69) is 0 Å². The molecule has 0 N–H and O–H groups in total. The van der Waals surface area contributed by atoms with Crippen LogP contribution < -0.4 is 5.06 Å². The van der Waals surface area contributed by atoms with Crippen LogP contribution >= 0.6 is 0 Å². The molecule has 0 radical (unpaired) electrons. The molecule has 2 fully saturated rings. The van der Waals surface area contributed by atoms with Gasteiger partial charge in [0.1, 0.15) is 5.92 Å². The van der Waals surface area contributed by atoms with Crippen molar-refractivity contribution in [3.63, 3.8) is 0 Å². The van der Waals surface area contributed by atoms with Gasteiger partial charge in [0.05, 0.1) is 16.7 Å². The maximum atomic E-state index is 12.6. The Labute approximate surface area is 148 Å². The Kier molecular flexibility index (Phi) is 3.69. The molecule has 3 atom stereocenters. The van der Waals surface area contributed by atoms with Crippen molar-refractivity contribution in [2.45, 2.75) is 12.1 Å². The first-order valence-corrected chi connectivity index (χ1v) is 8.06. The lowest BCUT2D eigenvalue weighted by atomic mass is 9.90. The Morgan fingerprint density at radius 2 is 1.65 bits per heavy atom. The highest BCUT2D eigenvalue weighted by atomic mass is 16.7. The summed E-state index contributed by atoms with van der Waals surface area (Å²) in [7, 11) is 1.44. The number of fused-ring (bicyclic) bond motifs is 1. The zero-order valence-corrected chi connectivity index (χ0v) is 13.8. The zero-order chi connectivity index (χ0) is 18.4. The van der Waals surface area contributed by atoms with Gasteiger partial charge in [0.2, 0.25) is 5.91 Å². The molecule has 8 heteroatoms. The van der Waals surface area contributed by atoms with Crippen molar-refractivity contribution in [1.82, 2.24) is 4.90 Å². The van der Waals surface area contributed by atoms with Crippen LogP contribution in [0.15, 0.2) is 54.6 Å². The predicted molar refractivity (Wildman–Crippen MR) is 90.9 cm³/mol. The van der Waals surface area contributed by atoms with E-state index >= 15 is 0 Å². The molecule has 3 unspecified atom stereocenters. The second-order valence-corrected chi connectivity index (χ2v) is 6.24. The number of hydrogen-bond acceptors (Lipinski definition) is 6. The summed E-state index contributed by atoms with van der Waals surface area (Å²) in [5.41, 5.74) is 1.33. The molecule has 132 valence electrons. The van der Waals surface area contributed by atoms with Gasteiger partial charge in [-0.2, -0.15) is 0 Å². The normalized spacial score (nSPS) is 24.9. The molecular formula is C18H15N3O5. The molecule has 2 aromatic rings. The van der Waals surface area contributed by atoms with Crippen molar-refractivity contribution in [3.05, 3.63) is 70.3 Å². The van der Waals surface area contributed by atoms with E-state index in [0.29, 0.717) is 11.3 Å². The highest BCUT2D eigenvalue weighted by molar-refractivity contribution is 6.07. The summed E-state index contributed by atoms with van der Waals surface area (Å²) in [5, 5.41) is 12.5. The third-order valence-corrected chi connectivity index (χ3v) is 4.79. The minimum Gasteiger partial charge on any atom is -0.283 e. The monoisotopic (exact) mass is 353 g/mol. The Hall–Kier alpha value is -3.26. The van der Waals surface area contributed by atoms with Gasteiger partial charge in [0, 0.05) is 19.2 Å². The molecule has 0 spiro atoms. The van der Waals surface area contributed by atoms with Gasteiger partial charge >= 0.3 is 0 Å². The van der Waals surface area contributed by atoms with E-state index in [4.69, 9.17) is 4.84 Å². The molecular weight excluding hydrogens is 338 g/mol. The number of rotatable bonds is 3. The van der Waals surface area contributed by atoms with Crippen molar-refractivity contribution in [3.8, 4) is 0 Å². The molecule has 4 rings (SSSR count). The summed E-state index contributed by atoms with van der Waals surface area (Å²) >= 11 is 0. The third kappa shape index (κ3) is 2.34. The van der Waals surface area contributed by atoms with Crippen LogP contribution in [-0.4, -0.2) is 34.8 Å². The fourth-order valence-corrected chi connectivity index (χ4v) is 3.48. The summed E-state index contributed by atoms with van der Waals surface area (Å²) in [6.07, 6.45) is -0.895. The van der Waals surface area contributed by atoms with Crippen LogP contribution in [0.1, 0.15) is 11.6 Å². The molecule has 0 aliphatic carbocycles. The lowest BCUT2D eigenvalue weighted by Gasteiger charge is -2.28. The minimum absolute atomic E-state index is 0.0404. The highest BCUT2D eigenvalue weighted by Crippen LogP contribution is 2.46. The lowest BCUT2D eigenvalue weighted by molar-refractivity contribution is -0.384. The molecule has 0 saturated carbocycles. The summed E-state index contributed by atoms with van der Waals surface area (Å²) in [6, 6.07) is 14.6. The minimum atomic E-state index is -0.895. The van der Waals surface area contributed by atoms with E-state index in [-0.39, 0.29) is 17.5 Å². The number of hydrogen-bond donors (Lipinski definition) is 0. The maximum absolute atomic E-state index is 12.6. The molecule has 2 aromatic carbocycles. The molecule has 8 nitrogen and oxygen atoms in total. The van der Waals surface area contributed by atoms with Gasteiger partial charge in [0.25, 0.3) is 11.6 Å². The molecule has 0 bridgehead atoms. The van der Waals surface area contributed by atoms with Gasteiger partial charge in [-0.25, -0.2) is 5.06 Å². The first-order chi connectivity index (χ1) is 12.5. The quantitative estimate of drug-likeness (QED) is 0.476. The third-order valence-electron chi connectivity index (χ3n) is 4.79. The number of amides is 2. The van der Waals surface area contributed by atoms with E-state index in [1.807, 2.05) is 30.3 Å². The topological polar surface area (TPSA) is 93.0 Å². The van der Waals surface area contributed by atoms with Gasteiger partial charge in [-0.05, 0) is 17.7 Å². The molecule has 2 saturated heterocycles. The number of nitro groups is 1. The predicted octanol–water partition coefficient (Wildman–Crippen LogP) is 2.07. The van der Waals surface area contributed by atoms with Crippen molar-refractivity contribution in [1.29, 1.82) is 0 Å². The molecule has 2 heterocycles. The maximum Gasteiger partial charge on any atom is 0.269 e. The van der Waals surface area contributed by atoms with Crippen LogP contribution in [0.3, 0.4) is 0 Å². The van der Waals surface area contributed by atoms with Crippen molar-refractivity contribution in [2.24, 2.45) is 5.92 Å². The summed E-state index contributed by atoms with van der Waals surface area (Å²) < 4.78 is 0.